The monoisotopic (exact) mass is 148 g/mol. The van der Waals surface area contributed by atoms with Crippen molar-refractivity contribution in [2.24, 2.45) is 0 Å². The summed E-state index contributed by atoms with van der Waals surface area (Å²) < 4.78 is 0. The molecule has 0 bridgehead atoms. The first-order valence-electron chi connectivity index (χ1n) is 2.71. The summed E-state index contributed by atoms with van der Waals surface area (Å²) in [4.78, 5) is 0. The molecule has 0 radical (unpaired) electrons. The molecule has 1 heteroatoms. The first-order chi connectivity index (χ1) is 2.91. The van der Waals surface area contributed by atoms with Gasteiger partial charge in [-0.05, 0) is 0 Å². The van der Waals surface area contributed by atoms with Crippen LogP contribution in [-0.4, -0.2) is 0 Å². The van der Waals surface area contributed by atoms with Crippen molar-refractivity contribution in [1.29, 1.82) is 0 Å². The van der Waals surface area contributed by atoms with Crippen molar-refractivity contribution in [2.75, 3.05) is 0 Å². The van der Waals surface area contributed by atoms with E-state index in [0.717, 1.165) is 6.42 Å². The van der Waals surface area contributed by atoms with Crippen LogP contribution in [0.1, 0.15) is 32.6 Å². The molecule has 0 rings (SSSR count). The van der Waals surface area contributed by atoms with Crippen LogP contribution >= 0.6 is 0 Å². The molecule has 0 N–H and O–H groups in total. The van der Waals surface area contributed by atoms with E-state index < -0.39 is 0 Å². The molecule has 0 aromatic carbocycles. The second kappa shape index (κ2) is 9.72. The largest absolute Gasteiger partial charge is 1.00 e. The summed E-state index contributed by atoms with van der Waals surface area (Å²) in [6.45, 7) is 5.93. The van der Waals surface area contributed by atoms with E-state index in [-0.39, 0.29) is 17.1 Å². The van der Waals surface area contributed by atoms with E-state index in [0.29, 0.717) is 0 Å². The summed E-state index contributed by atoms with van der Waals surface area (Å²) in [5.74, 6) is 0. The molecule has 0 spiro atoms. The van der Waals surface area contributed by atoms with Gasteiger partial charge in [0.25, 0.3) is 0 Å². The summed E-state index contributed by atoms with van der Waals surface area (Å²) >= 11 is 0. The minimum Gasteiger partial charge on any atom is -0.343 e. The van der Waals surface area contributed by atoms with Crippen molar-refractivity contribution in [3.8, 4) is 0 Å². The molecule has 48 valence electrons. The van der Waals surface area contributed by atoms with Gasteiger partial charge in [0.2, 0.25) is 0 Å². The average molecular weight is 149 g/mol. The first-order valence-corrected chi connectivity index (χ1v) is 2.71. The smallest absolute Gasteiger partial charge is 0.343 e. The average Bonchev–Trinajstić information content (AvgIpc) is 1.61. The predicted octanol–water partition coefficient (Wildman–Crippen LogP) is 2.40. The van der Waals surface area contributed by atoms with Gasteiger partial charge >= 0.3 is 17.1 Å². The third-order valence-corrected chi connectivity index (χ3v) is 0.854. The molecule has 0 fully saturated rings. The van der Waals surface area contributed by atoms with Crippen LogP contribution in [0.4, 0.5) is 0 Å². The Balaban J connectivity index is 0. The molecule has 7 heavy (non-hydrogen) atoms. The minimum absolute atomic E-state index is 0. The van der Waals surface area contributed by atoms with E-state index in [1.54, 1.807) is 0 Å². The van der Waals surface area contributed by atoms with Crippen LogP contribution in [0.5, 0.6) is 0 Å². The van der Waals surface area contributed by atoms with E-state index in [1.807, 2.05) is 0 Å². The van der Waals surface area contributed by atoms with Gasteiger partial charge in [0.05, 0.1) is 0 Å². The molecule has 0 saturated heterocycles. The molecule has 0 aliphatic rings. The fraction of sp³-hybridized carbons (Fsp3) is 0.833. The number of rotatable bonds is 3. The number of hydrogen-bond acceptors (Lipinski definition) is 0. The molecule has 0 heterocycles. The van der Waals surface area contributed by atoms with Gasteiger partial charge in [0, 0.05) is 0 Å². The normalized spacial score (nSPS) is 7.71. The van der Waals surface area contributed by atoms with Gasteiger partial charge in [-0.25, -0.2) is 0 Å². The summed E-state index contributed by atoms with van der Waals surface area (Å²) in [6.07, 6.45) is 5.07. The fourth-order valence-corrected chi connectivity index (χ4v) is 0.427. The van der Waals surface area contributed by atoms with Gasteiger partial charge in [-0.15, -0.1) is 0 Å². The zero-order valence-corrected chi connectivity index (χ0v) is 5.78. The molecular weight excluding hydrogens is 136 g/mol. The third kappa shape index (κ3) is 10.8. The van der Waals surface area contributed by atoms with Crippen LogP contribution in [0, 0.1) is 6.92 Å². The number of hydrogen-bond donors (Lipinski definition) is 0. The van der Waals surface area contributed by atoms with Gasteiger partial charge in [0.1, 0.15) is 0 Å². The molecule has 0 saturated carbocycles. The Morgan fingerprint density at radius 3 is 2.00 bits per heavy atom. The van der Waals surface area contributed by atoms with Crippen molar-refractivity contribution in [3.05, 3.63) is 6.92 Å². The SMILES string of the molecule is [CH2-]CCCCC.[Cu+]. The van der Waals surface area contributed by atoms with Gasteiger partial charge in [-0.3, -0.25) is 0 Å². The van der Waals surface area contributed by atoms with Crippen LogP contribution in [0.2, 0.25) is 0 Å². The maximum absolute atomic E-state index is 3.72. The predicted molar refractivity (Wildman–Crippen MR) is 29.5 cm³/mol. The zero-order chi connectivity index (χ0) is 4.83. The molecule has 0 atom stereocenters. The van der Waals surface area contributed by atoms with Gasteiger partial charge in [-0.2, -0.15) is 6.42 Å². The quantitative estimate of drug-likeness (QED) is 0.328. The van der Waals surface area contributed by atoms with Crippen LogP contribution in [0.3, 0.4) is 0 Å². The number of unbranched alkanes of at least 4 members (excludes halogenated alkanes) is 3. The van der Waals surface area contributed by atoms with Gasteiger partial charge in [0.15, 0.2) is 0 Å². The summed E-state index contributed by atoms with van der Waals surface area (Å²) in [7, 11) is 0. The molecule has 0 aromatic heterocycles. The van der Waals surface area contributed by atoms with Crippen LogP contribution in [0.15, 0.2) is 0 Å². The Morgan fingerprint density at radius 1 is 1.29 bits per heavy atom. The van der Waals surface area contributed by atoms with E-state index in [1.165, 1.54) is 19.3 Å². The van der Waals surface area contributed by atoms with Crippen molar-refractivity contribution < 1.29 is 17.1 Å². The zero-order valence-electron chi connectivity index (χ0n) is 4.84. The Hall–Kier alpha value is 0.519. The summed E-state index contributed by atoms with van der Waals surface area (Å²) in [6, 6.07) is 0. The molecule has 0 aliphatic carbocycles. The molecular formula is C6H13Cu. The molecule has 0 unspecified atom stereocenters. The first kappa shape index (κ1) is 10.5. The second-order valence-electron chi connectivity index (χ2n) is 1.56. The van der Waals surface area contributed by atoms with E-state index in [2.05, 4.69) is 13.8 Å². The van der Waals surface area contributed by atoms with Gasteiger partial charge in [-0.1, -0.05) is 26.2 Å². The van der Waals surface area contributed by atoms with E-state index >= 15 is 0 Å². The topological polar surface area (TPSA) is 0 Å². The van der Waals surface area contributed by atoms with Crippen molar-refractivity contribution in [3.63, 3.8) is 0 Å². The van der Waals surface area contributed by atoms with Crippen LogP contribution in [-0.2, 0) is 17.1 Å². The summed E-state index contributed by atoms with van der Waals surface area (Å²) in [5, 5.41) is 0. The second-order valence-corrected chi connectivity index (χ2v) is 1.56. The maximum atomic E-state index is 3.72. The van der Waals surface area contributed by atoms with Crippen molar-refractivity contribution >= 4 is 0 Å². The summed E-state index contributed by atoms with van der Waals surface area (Å²) in [5.41, 5.74) is 0. The fourth-order valence-electron chi connectivity index (χ4n) is 0.427. The molecule has 0 nitrogen and oxygen atoms in total. The third-order valence-electron chi connectivity index (χ3n) is 0.854. The Labute approximate surface area is 57.2 Å². The molecule has 0 amide bonds. The molecule has 0 aromatic rings. The van der Waals surface area contributed by atoms with Crippen molar-refractivity contribution in [2.45, 2.75) is 32.6 Å². The van der Waals surface area contributed by atoms with E-state index in [4.69, 9.17) is 0 Å². The maximum Gasteiger partial charge on any atom is 1.00 e. The standard InChI is InChI=1S/C6H13.Cu/c1-3-5-6-4-2;/h1,3-6H2,2H3;/q-1;+1. The van der Waals surface area contributed by atoms with E-state index in [9.17, 15) is 0 Å². The van der Waals surface area contributed by atoms with Crippen LogP contribution in [0.25, 0.3) is 0 Å². The van der Waals surface area contributed by atoms with Crippen LogP contribution < -0.4 is 0 Å². The Morgan fingerprint density at radius 2 is 1.86 bits per heavy atom. The molecule has 0 aliphatic heterocycles. The Kier molecular flexibility index (Phi) is 14.6. The van der Waals surface area contributed by atoms with Gasteiger partial charge < -0.3 is 6.92 Å². The Bertz CT molecular complexity index is 16.1. The van der Waals surface area contributed by atoms with Crippen molar-refractivity contribution in [1.82, 2.24) is 0 Å². The minimum atomic E-state index is 0.